The molecule has 2 rings (SSSR count). The average molecular weight is 225 g/mol. The molecule has 1 aliphatic heterocycles. The smallest absolute Gasteiger partial charge is 0.138 e. The third kappa shape index (κ3) is 3.55. The maximum Gasteiger partial charge on any atom is 0.138 e. The maximum atomic E-state index is 5.41. The van der Waals surface area contributed by atoms with E-state index in [4.69, 9.17) is 4.74 Å². The minimum Gasteiger partial charge on any atom is -0.379 e. The standard InChI is InChI=1S/C10H19N5O/c1-8(4-9-6-16-3-2-11-9)12-5-10-13-7-14-15-10/h7-9,11-12H,2-6H2,1H3,(H,13,14,15). The minimum atomic E-state index is 0.435. The molecule has 90 valence electrons. The van der Waals surface area contributed by atoms with E-state index >= 15 is 0 Å². The zero-order valence-corrected chi connectivity index (χ0v) is 9.57. The van der Waals surface area contributed by atoms with Crippen molar-refractivity contribution < 1.29 is 4.74 Å². The molecule has 1 fully saturated rings. The van der Waals surface area contributed by atoms with Crippen LogP contribution in [0.2, 0.25) is 0 Å². The molecule has 6 heteroatoms. The molecule has 1 aliphatic rings. The van der Waals surface area contributed by atoms with Gasteiger partial charge >= 0.3 is 0 Å². The second kappa shape index (κ2) is 5.93. The van der Waals surface area contributed by atoms with Gasteiger partial charge in [0.25, 0.3) is 0 Å². The Hall–Kier alpha value is -0.980. The van der Waals surface area contributed by atoms with Crippen LogP contribution in [-0.4, -0.2) is 47.0 Å². The van der Waals surface area contributed by atoms with Crippen molar-refractivity contribution in [1.29, 1.82) is 0 Å². The number of morpholine rings is 1. The van der Waals surface area contributed by atoms with Gasteiger partial charge in [-0.15, -0.1) is 0 Å². The molecule has 16 heavy (non-hydrogen) atoms. The first-order valence-electron chi connectivity index (χ1n) is 5.73. The number of hydrogen-bond donors (Lipinski definition) is 3. The van der Waals surface area contributed by atoms with Crippen molar-refractivity contribution in [2.24, 2.45) is 0 Å². The first kappa shape index (κ1) is 11.5. The van der Waals surface area contributed by atoms with Gasteiger partial charge < -0.3 is 15.4 Å². The van der Waals surface area contributed by atoms with E-state index in [9.17, 15) is 0 Å². The topological polar surface area (TPSA) is 74.9 Å². The van der Waals surface area contributed by atoms with Crippen LogP contribution in [0.4, 0.5) is 0 Å². The quantitative estimate of drug-likeness (QED) is 0.639. The lowest BCUT2D eigenvalue weighted by Crippen LogP contribution is -2.44. The summed E-state index contributed by atoms with van der Waals surface area (Å²) >= 11 is 0. The van der Waals surface area contributed by atoms with Crippen LogP contribution < -0.4 is 10.6 Å². The summed E-state index contributed by atoms with van der Waals surface area (Å²) in [6.07, 6.45) is 2.59. The fraction of sp³-hybridized carbons (Fsp3) is 0.800. The van der Waals surface area contributed by atoms with Gasteiger partial charge in [0.1, 0.15) is 12.2 Å². The molecule has 0 spiro atoms. The zero-order valence-electron chi connectivity index (χ0n) is 9.57. The molecular weight excluding hydrogens is 206 g/mol. The molecule has 0 aromatic carbocycles. The number of ether oxygens (including phenoxy) is 1. The highest BCUT2D eigenvalue weighted by Crippen LogP contribution is 2.02. The van der Waals surface area contributed by atoms with Crippen LogP contribution in [0, 0.1) is 0 Å². The summed E-state index contributed by atoms with van der Waals surface area (Å²) in [5, 5.41) is 13.5. The lowest BCUT2D eigenvalue weighted by molar-refractivity contribution is 0.0711. The van der Waals surface area contributed by atoms with E-state index in [0.717, 1.165) is 38.5 Å². The highest BCUT2D eigenvalue weighted by atomic mass is 16.5. The summed E-state index contributed by atoms with van der Waals surface area (Å²) in [6, 6.07) is 0.898. The summed E-state index contributed by atoms with van der Waals surface area (Å²) in [7, 11) is 0. The van der Waals surface area contributed by atoms with Gasteiger partial charge in [0.2, 0.25) is 0 Å². The van der Waals surface area contributed by atoms with Crippen LogP contribution in [0.25, 0.3) is 0 Å². The van der Waals surface area contributed by atoms with Gasteiger partial charge in [-0.05, 0) is 13.3 Å². The predicted molar refractivity (Wildman–Crippen MR) is 59.9 cm³/mol. The number of aromatic nitrogens is 3. The van der Waals surface area contributed by atoms with E-state index in [-0.39, 0.29) is 0 Å². The molecule has 0 saturated carbocycles. The summed E-state index contributed by atoms with van der Waals surface area (Å²) in [5.41, 5.74) is 0. The van der Waals surface area contributed by atoms with Gasteiger partial charge in [-0.2, -0.15) is 5.10 Å². The molecule has 1 saturated heterocycles. The minimum absolute atomic E-state index is 0.435. The van der Waals surface area contributed by atoms with Crippen LogP contribution in [0.15, 0.2) is 6.33 Å². The van der Waals surface area contributed by atoms with E-state index in [2.05, 4.69) is 32.7 Å². The molecular formula is C10H19N5O. The number of hydrogen-bond acceptors (Lipinski definition) is 5. The molecule has 0 radical (unpaired) electrons. The van der Waals surface area contributed by atoms with E-state index in [1.54, 1.807) is 0 Å². The molecule has 0 amide bonds. The van der Waals surface area contributed by atoms with Crippen molar-refractivity contribution in [3.05, 3.63) is 12.2 Å². The SMILES string of the molecule is CC(CC1COCCN1)NCc1ncn[nH]1. The van der Waals surface area contributed by atoms with Crippen molar-refractivity contribution >= 4 is 0 Å². The fourth-order valence-electron chi connectivity index (χ4n) is 1.87. The van der Waals surface area contributed by atoms with Crippen molar-refractivity contribution in [1.82, 2.24) is 25.8 Å². The Morgan fingerprint density at radius 1 is 1.69 bits per heavy atom. The molecule has 6 nitrogen and oxygen atoms in total. The Morgan fingerprint density at radius 3 is 3.31 bits per heavy atom. The van der Waals surface area contributed by atoms with Crippen molar-refractivity contribution in [3.63, 3.8) is 0 Å². The third-order valence-corrected chi connectivity index (χ3v) is 2.72. The molecule has 2 heterocycles. The maximum absolute atomic E-state index is 5.41. The average Bonchev–Trinajstić information content (AvgIpc) is 2.81. The van der Waals surface area contributed by atoms with E-state index < -0.39 is 0 Å². The Kier molecular flexibility index (Phi) is 4.26. The molecule has 3 N–H and O–H groups in total. The first-order valence-corrected chi connectivity index (χ1v) is 5.73. The van der Waals surface area contributed by atoms with Crippen LogP contribution in [0.3, 0.4) is 0 Å². The van der Waals surface area contributed by atoms with Crippen molar-refractivity contribution in [2.45, 2.75) is 32.0 Å². The number of H-pyrrole nitrogens is 1. The fourth-order valence-corrected chi connectivity index (χ4v) is 1.87. The lowest BCUT2D eigenvalue weighted by atomic mass is 10.1. The second-order valence-electron chi connectivity index (χ2n) is 4.18. The molecule has 1 aromatic rings. The Balaban J connectivity index is 1.65. The van der Waals surface area contributed by atoms with Gasteiger partial charge in [-0.1, -0.05) is 0 Å². The molecule has 2 atom stereocenters. The normalized spacial score (nSPS) is 23.2. The predicted octanol–water partition coefficient (Wildman–Crippen LogP) is -0.339. The Morgan fingerprint density at radius 2 is 2.62 bits per heavy atom. The summed E-state index contributed by atoms with van der Waals surface area (Å²) < 4.78 is 5.41. The summed E-state index contributed by atoms with van der Waals surface area (Å²) in [4.78, 5) is 4.07. The monoisotopic (exact) mass is 225 g/mol. The highest BCUT2D eigenvalue weighted by molar-refractivity contribution is 4.81. The number of rotatable bonds is 5. The molecule has 0 aliphatic carbocycles. The lowest BCUT2D eigenvalue weighted by Gasteiger charge is -2.26. The number of nitrogens with zero attached hydrogens (tertiary/aromatic N) is 2. The Labute approximate surface area is 95.2 Å². The van der Waals surface area contributed by atoms with Crippen LogP contribution in [0.1, 0.15) is 19.2 Å². The van der Waals surface area contributed by atoms with Crippen molar-refractivity contribution in [2.75, 3.05) is 19.8 Å². The van der Waals surface area contributed by atoms with Crippen LogP contribution in [-0.2, 0) is 11.3 Å². The highest BCUT2D eigenvalue weighted by Gasteiger charge is 2.15. The summed E-state index contributed by atoms with van der Waals surface area (Å²) in [5.74, 6) is 0.875. The summed E-state index contributed by atoms with van der Waals surface area (Å²) in [6.45, 7) is 5.51. The van der Waals surface area contributed by atoms with Gasteiger partial charge in [0, 0.05) is 18.6 Å². The van der Waals surface area contributed by atoms with Gasteiger partial charge in [-0.3, -0.25) is 5.10 Å². The van der Waals surface area contributed by atoms with Gasteiger partial charge in [0.05, 0.1) is 19.8 Å². The van der Waals surface area contributed by atoms with Crippen molar-refractivity contribution in [3.8, 4) is 0 Å². The largest absolute Gasteiger partial charge is 0.379 e. The van der Waals surface area contributed by atoms with Crippen LogP contribution in [0.5, 0.6) is 0 Å². The van der Waals surface area contributed by atoms with E-state index in [1.807, 2.05) is 0 Å². The second-order valence-corrected chi connectivity index (χ2v) is 4.18. The first-order chi connectivity index (χ1) is 7.84. The number of nitrogens with one attached hydrogen (secondary N) is 3. The Bertz CT molecular complexity index is 283. The van der Waals surface area contributed by atoms with E-state index in [0.29, 0.717) is 12.1 Å². The molecule has 1 aromatic heterocycles. The molecule has 2 unspecified atom stereocenters. The van der Waals surface area contributed by atoms with Gasteiger partial charge in [0.15, 0.2) is 0 Å². The zero-order chi connectivity index (χ0) is 11.2. The van der Waals surface area contributed by atoms with Gasteiger partial charge in [-0.25, -0.2) is 4.98 Å². The van der Waals surface area contributed by atoms with Crippen LogP contribution >= 0.6 is 0 Å². The number of aromatic amines is 1. The third-order valence-electron chi connectivity index (χ3n) is 2.72. The molecule has 0 bridgehead atoms. The van der Waals surface area contributed by atoms with E-state index in [1.165, 1.54) is 6.33 Å².